The minimum absolute atomic E-state index is 0. The lowest BCUT2D eigenvalue weighted by molar-refractivity contribution is 0.0926. The number of furan rings is 2. The highest BCUT2D eigenvalue weighted by Gasteiger charge is 2.07. The van der Waals surface area contributed by atoms with E-state index in [1.165, 1.54) is 6.26 Å². The maximum Gasteiger partial charge on any atom is 0.287 e. The smallest absolute Gasteiger partial charge is 0.287 e. The van der Waals surface area contributed by atoms with Crippen molar-refractivity contribution in [3.8, 4) is 5.75 Å². The molecule has 0 aliphatic heterocycles. The van der Waals surface area contributed by atoms with Crippen LogP contribution in [0.15, 0.2) is 74.9 Å². The third-order valence-electron chi connectivity index (χ3n) is 4.15. The first-order valence-electron chi connectivity index (χ1n) is 10.3. The molecule has 0 unspecified atom stereocenters. The quantitative estimate of drug-likeness (QED) is 0.150. The van der Waals surface area contributed by atoms with Gasteiger partial charge < -0.3 is 29.5 Å². The Balaban J connectivity index is 0.00000363. The van der Waals surface area contributed by atoms with Crippen LogP contribution < -0.4 is 20.7 Å². The molecule has 1 aromatic carbocycles. The third-order valence-corrected chi connectivity index (χ3v) is 4.15. The van der Waals surface area contributed by atoms with Gasteiger partial charge in [0, 0.05) is 31.7 Å². The van der Waals surface area contributed by atoms with E-state index < -0.39 is 0 Å². The van der Waals surface area contributed by atoms with Crippen molar-refractivity contribution in [2.75, 3.05) is 25.0 Å². The van der Waals surface area contributed by atoms with Gasteiger partial charge in [0.1, 0.15) is 11.5 Å². The molecule has 2 heterocycles. The van der Waals surface area contributed by atoms with Crippen molar-refractivity contribution < 1.29 is 18.4 Å². The van der Waals surface area contributed by atoms with Crippen molar-refractivity contribution in [3.05, 3.63) is 72.6 Å². The lowest BCUT2D eigenvalue weighted by atomic mass is 10.3. The van der Waals surface area contributed by atoms with Crippen LogP contribution in [0.1, 0.15) is 30.2 Å². The van der Waals surface area contributed by atoms with Gasteiger partial charge >= 0.3 is 0 Å². The summed E-state index contributed by atoms with van der Waals surface area (Å²) in [6.45, 7) is 5.44. The summed E-state index contributed by atoms with van der Waals surface area (Å²) in [6, 6.07) is 14.8. The predicted molar refractivity (Wildman–Crippen MR) is 135 cm³/mol. The topological polar surface area (TPSA) is 101 Å². The van der Waals surface area contributed by atoms with Gasteiger partial charge in [0.05, 0.1) is 18.6 Å². The number of nitrogens with one attached hydrogen (secondary N) is 3. The Hall–Kier alpha value is -2.95. The molecule has 0 bridgehead atoms. The van der Waals surface area contributed by atoms with E-state index in [9.17, 15) is 4.79 Å². The number of amides is 1. The van der Waals surface area contributed by atoms with Crippen LogP contribution in [0.25, 0.3) is 0 Å². The van der Waals surface area contributed by atoms with Crippen LogP contribution in [0.5, 0.6) is 5.75 Å². The molecule has 0 saturated heterocycles. The maximum atomic E-state index is 12.0. The van der Waals surface area contributed by atoms with Crippen LogP contribution in [0.4, 0.5) is 5.69 Å². The molecule has 0 fully saturated rings. The Labute approximate surface area is 204 Å². The number of hydrogen-bond donors (Lipinski definition) is 3. The molecule has 3 rings (SSSR count). The van der Waals surface area contributed by atoms with Crippen molar-refractivity contribution in [2.45, 2.75) is 26.4 Å². The van der Waals surface area contributed by atoms with Crippen LogP contribution in [0, 0.1) is 0 Å². The van der Waals surface area contributed by atoms with E-state index in [1.807, 2.05) is 50.2 Å². The second kappa shape index (κ2) is 13.5. The average molecular weight is 552 g/mol. The van der Waals surface area contributed by atoms with Gasteiger partial charge in [0.2, 0.25) is 0 Å². The number of anilines is 1. The van der Waals surface area contributed by atoms with Crippen LogP contribution in [0.3, 0.4) is 0 Å². The van der Waals surface area contributed by atoms with Gasteiger partial charge in [-0.05, 0) is 62.4 Å². The molecule has 3 aromatic rings. The fourth-order valence-corrected chi connectivity index (χ4v) is 2.75. The molecular formula is C23H29IN4O4. The molecule has 8 nitrogen and oxygen atoms in total. The Bertz CT molecular complexity index is 939. The number of hydrogen-bond acceptors (Lipinski definition) is 5. The van der Waals surface area contributed by atoms with Gasteiger partial charge in [0.15, 0.2) is 11.7 Å². The Morgan fingerprint density at radius 2 is 1.72 bits per heavy atom. The second-order valence-corrected chi connectivity index (χ2v) is 7.04. The molecule has 32 heavy (non-hydrogen) atoms. The van der Waals surface area contributed by atoms with E-state index in [1.54, 1.807) is 18.4 Å². The van der Waals surface area contributed by atoms with Crippen LogP contribution in [-0.2, 0) is 6.42 Å². The molecule has 1 amide bonds. The second-order valence-electron chi connectivity index (χ2n) is 7.04. The first kappa shape index (κ1) is 25.3. The average Bonchev–Trinajstić information content (AvgIpc) is 3.46. The molecule has 0 aliphatic carbocycles. The number of carbonyl (C=O) groups is 1. The summed E-state index contributed by atoms with van der Waals surface area (Å²) in [5.41, 5.74) is 0.875. The monoisotopic (exact) mass is 552 g/mol. The summed E-state index contributed by atoms with van der Waals surface area (Å²) in [6.07, 6.45) is 3.93. The van der Waals surface area contributed by atoms with Gasteiger partial charge in [-0.2, -0.15) is 0 Å². The Kier molecular flexibility index (Phi) is 10.6. The molecular weight excluding hydrogens is 523 g/mol. The SMILES string of the molecule is CC(C)Oc1ccc(NC(=NCCc2ccco2)NCCNC(=O)c2ccco2)cc1.I. The normalized spacial score (nSPS) is 11.0. The number of halogens is 1. The lowest BCUT2D eigenvalue weighted by Crippen LogP contribution is -2.38. The van der Waals surface area contributed by atoms with Gasteiger partial charge in [0.25, 0.3) is 5.91 Å². The van der Waals surface area contributed by atoms with Crippen molar-refractivity contribution in [1.82, 2.24) is 10.6 Å². The highest BCUT2D eigenvalue weighted by molar-refractivity contribution is 14.0. The number of guanidine groups is 1. The lowest BCUT2D eigenvalue weighted by Gasteiger charge is -2.14. The maximum absolute atomic E-state index is 12.0. The zero-order chi connectivity index (χ0) is 21.9. The van der Waals surface area contributed by atoms with Crippen LogP contribution in [0.2, 0.25) is 0 Å². The van der Waals surface area contributed by atoms with Crippen LogP contribution in [-0.4, -0.2) is 37.6 Å². The number of ether oxygens (including phenoxy) is 1. The summed E-state index contributed by atoms with van der Waals surface area (Å²) < 4.78 is 16.1. The Morgan fingerprint density at radius 3 is 2.38 bits per heavy atom. The zero-order valence-corrected chi connectivity index (χ0v) is 20.5. The highest BCUT2D eigenvalue weighted by Crippen LogP contribution is 2.16. The summed E-state index contributed by atoms with van der Waals surface area (Å²) in [5.74, 6) is 2.33. The number of carbonyl (C=O) groups excluding carboxylic acids is 1. The van der Waals surface area contributed by atoms with E-state index in [2.05, 4.69) is 20.9 Å². The minimum Gasteiger partial charge on any atom is -0.491 e. The molecule has 0 aliphatic rings. The highest BCUT2D eigenvalue weighted by atomic mass is 127. The van der Waals surface area contributed by atoms with Crippen molar-refractivity contribution >= 4 is 41.5 Å². The van der Waals surface area contributed by atoms with E-state index in [-0.39, 0.29) is 41.7 Å². The number of rotatable bonds is 10. The number of aliphatic imine (C=N–C) groups is 1. The van der Waals surface area contributed by atoms with E-state index in [0.29, 0.717) is 32.0 Å². The summed E-state index contributed by atoms with van der Waals surface area (Å²) in [5, 5.41) is 9.30. The standard InChI is InChI=1S/C23H28N4O4.HI/c1-17(2)31-20-9-7-18(8-10-20)27-23(25-12-11-19-5-3-15-29-19)26-14-13-24-22(28)21-6-4-16-30-21;/h3-10,15-17H,11-14H2,1-2H3,(H,24,28)(H2,25,26,27);1H. The molecule has 9 heteroatoms. The van der Waals surface area contributed by atoms with Gasteiger partial charge in [-0.3, -0.25) is 9.79 Å². The molecule has 0 atom stereocenters. The molecule has 0 spiro atoms. The fraction of sp³-hybridized carbons (Fsp3) is 0.304. The summed E-state index contributed by atoms with van der Waals surface area (Å²) in [4.78, 5) is 16.6. The first-order valence-corrected chi connectivity index (χ1v) is 10.3. The van der Waals surface area contributed by atoms with E-state index in [4.69, 9.17) is 13.6 Å². The number of nitrogens with zero attached hydrogens (tertiary/aromatic N) is 1. The van der Waals surface area contributed by atoms with Crippen LogP contribution >= 0.6 is 24.0 Å². The van der Waals surface area contributed by atoms with Crippen molar-refractivity contribution in [1.29, 1.82) is 0 Å². The predicted octanol–water partition coefficient (Wildman–Crippen LogP) is 4.31. The van der Waals surface area contributed by atoms with Crippen molar-refractivity contribution in [3.63, 3.8) is 0 Å². The zero-order valence-electron chi connectivity index (χ0n) is 18.2. The van der Waals surface area contributed by atoms with Gasteiger partial charge in [-0.15, -0.1) is 24.0 Å². The molecule has 2 aromatic heterocycles. The van der Waals surface area contributed by atoms with Gasteiger partial charge in [-0.1, -0.05) is 0 Å². The van der Waals surface area contributed by atoms with Gasteiger partial charge in [-0.25, -0.2) is 0 Å². The summed E-state index contributed by atoms with van der Waals surface area (Å²) >= 11 is 0. The number of benzene rings is 1. The molecule has 0 saturated carbocycles. The minimum atomic E-state index is -0.253. The Morgan fingerprint density at radius 1 is 1.00 bits per heavy atom. The third kappa shape index (κ3) is 8.66. The molecule has 3 N–H and O–H groups in total. The largest absolute Gasteiger partial charge is 0.491 e. The van der Waals surface area contributed by atoms with E-state index in [0.717, 1.165) is 17.2 Å². The molecule has 0 radical (unpaired) electrons. The van der Waals surface area contributed by atoms with Crippen molar-refractivity contribution in [2.24, 2.45) is 4.99 Å². The molecule has 172 valence electrons. The fourth-order valence-electron chi connectivity index (χ4n) is 2.75. The first-order chi connectivity index (χ1) is 15.1. The van der Waals surface area contributed by atoms with E-state index >= 15 is 0 Å². The summed E-state index contributed by atoms with van der Waals surface area (Å²) in [7, 11) is 0.